The Morgan fingerprint density at radius 2 is 2.13 bits per heavy atom. The molecule has 23 heavy (non-hydrogen) atoms. The molecule has 1 amide bonds. The zero-order chi connectivity index (χ0) is 16.8. The largest absolute Gasteiger partial charge is 0.504 e. The molecule has 0 atom stereocenters. The van der Waals surface area contributed by atoms with Crippen molar-refractivity contribution in [2.45, 2.75) is 51.9 Å². The summed E-state index contributed by atoms with van der Waals surface area (Å²) in [6.07, 6.45) is 8.48. The van der Waals surface area contributed by atoms with Gasteiger partial charge in [-0.15, -0.1) is 0 Å². The highest BCUT2D eigenvalue weighted by molar-refractivity contribution is 5.93. The molecule has 0 radical (unpaired) electrons. The van der Waals surface area contributed by atoms with Crippen molar-refractivity contribution in [3.63, 3.8) is 0 Å². The van der Waals surface area contributed by atoms with Gasteiger partial charge in [0, 0.05) is 5.92 Å². The lowest BCUT2D eigenvalue weighted by atomic mass is 9.79. The summed E-state index contributed by atoms with van der Waals surface area (Å²) in [7, 11) is 0. The van der Waals surface area contributed by atoms with Crippen molar-refractivity contribution in [3.05, 3.63) is 22.4 Å². The van der Waals surface area contributed by atoms with Crippen LogP contribution in [0, 0.1) is 22.0 Å². The van der Waals surface area contributed by atoms with Crippen LogP contribution in [0.2, 0.25) is 0 Å². The van der Waals surface area contributed by atoms with E-state index in [9.17, 15) is 20.0 Å². The third-order valence-electron chi connectivity index (χ3n) is 4.49. The van der Waals surface area contributed by atoms with E-state index in [0.29, 0.717) is 5.92 Å². The molecule has 2 N–H and O–H groups in total. The summed E-state index contributed by atoms with van der Waals surface area (Å²) in [5.41, 5.74) is -0.308. The number of hydrogen-bond acceptors (Lipinski definition) is 5. The van der Waals surface area contributed by atoms with E-state index in [2.05, 4.69) is 17.2 Å². The third-order valence-corrected chi connectivity index (χ3v) is 4.49. The van der Waals surface area contributed by atoms with Crippen LogP contribution in [0.25, 0.3) is 0 Å². The molecule has 0 spiro atoms. The molecular weight excluding hydrogens is 298 g/mol. The Labute approximate surface area is 135 Å². The average Bonchev–Trinajstić information content (AvgIpc) is 2.55. The highest BCUT2D eigenvalue weighted by atomic mass is 16.6. The van der Waals surface area contributed by atoms with Gasteiger partial charge in [0.2, 0.25) is 5.91 Å². The predicted octanol–water partition coefficient (Wildman–Crippen LogP) is 3.63. The van der Waals surface area contributed by atoms with Gasteiger partial charge in [-0.2, -0.15) is 0 Å². The SMILES string of the molecule is CCCCC1CCC(C(=O)Nc2ncc([N+](=O)[O-])cc2O)CC1. The van der Waals surface area contributed by atoms with Crippen LogP contribution in [-0.4, -0.2) is 20.9 Å². The number of pyridine rings is 1. The monoisotopic (exact) mass is 321 g/mol. The first-order valence-corrected chi connectivity index (χ1v) is 8.15. The van der Waals surface area contributed by atoms with E-state index in [1.807, 2.05) is 0 Å². The number of hydrogen-bond donors (Lipinski definition) is 2. The Balaban J connectivity index is 1.89. The van der Waals surface area contributed by atoms with E-state index in [-0.39, 0.29) is 29.1 Å². The first-order valence-electron chi connectivity index (χ1n) is 8.15. The number of unbranched alkanes of at least 4 members (excludes halogenated alkanes) is 1. The molecule has 1 fully saturated rings. The van der Waals surface area contributed by atoms with Crippen molar-refractivity contribution < 1.29 is 14.8 Å². The zero-order valence-corrected chi connectivity index (χ0v) is 13.3. The van der Waals surface area contributed by atoms with E-state index >= 15 is 0 Å². The fourth-order valence-electron chi connectivity index (χ4n) is 3.06. The molecular formula is C16H23N3O4. The highest BCUT2D eigenvalue weighted by Gasteiger charge is 2.27. The van der Waals surface area contributed by atoms with E-state index in [1.165, 1.54) is 19.3 Å². The van der Waals surface area contributed by atoms with Crippen LogP contribution < -0.4 is 5.32 Å². The van der Waals surface area contributed by atoms with Gasteiger partial charge in [-0.1, -0.05) is 26.2 Å². The maximum atomic E-state index is 12.3. The van der Waals surface area contributed by atoms with Gasteiger partial charge in [-0.05, 0) is 31.6 Å². The first kappa shape index (κ1) is 17.2. The van der Waals surface area contributed by atoms with Crippen molar-refractivity contribution in [3.8, 4) is 5.75 Å². The zero-order valence-electron chi connectivity index (χ0n) is 13.3. The summed E-state index contributed by atoms with van der Waals surface area (Å²) in [4.78, 5) is 26.0. The van der Waals surface area contributed by atoms with E-state index < -0.39 is 4.92 Å². The molecule has 0 aliphatic heterocycles. The van der Waals surface area contributed by atoms with Gasteiger partial charge in [0.15, 0.2) is 11.6 Å². The second-order valence-corrected chi connectivity index (χ2v) is 6.17. The standard InChI is InChI=1S/C16H23N3O4/c1-2-3-4-11-5-7-12(8-6-11)16(21)18-15-14(20)9-13(10-17-15)19(22)23/h9-12,20H,2-8H2,1H3,(H,17,18,21). The van der Waals surface area contributed by atoms with Crippen molar-refractivity contribution in [2.75, 3.05) is 5.32 Å². The van der Waals surface area contributed by atoms with Crippen LogP contribution >= 0.6 is 0 Å². The van der Waals surface area contributed by atoms with Gasteiger partial charge in [0.25, 0.3) is 5.69 Å². The number of aromatic nitrogens is 1. The van der Waals surface area contributed by atoms with Gasteiger partial charge in [0.05, 0.1) is 11.0 Å². The maximum absolute atomic E-state index is 12.3. The second kappa shape index (κ2) is 7.89. The third kappa shape index (κ3) is 4.64. The predicted molar refractivity (Wildman–Crippen MR) is 86.2 cm³/mol. The Morgan fingerprint density at radius 3 is 2.70 bits per heavy atom. The van der Waals surface area contributed by atoms with Crippen LogP contribution in [0.5, 0.6) is 5.75 Å². The highest BCUT2D eigenvalue weighted by Crippen LogP contribution is 2.33. The lowest BCUT2D eigenvalue weighted by molar-refractivity contribution is -0.385. The molecule has 2 rings (SSSR count). The van der Waals surface area contributed by atoms with Crippen molar-refractivity contribution >= 4 is 17.4 Å². The Hall–Kier alpha value is -2.18. The average molecular weight is 321 g/mol. The number of amides is 1. The summed E-state index contributed by atoms with van der Waals surface area (Å²) < 4.78 is 0. The Kier molecular flexibility index (Phi) is 5.90. The lowest BCUT2D eigenvalue weighted by Gasteiger charge is -2.27. The minimum Gasteiger partial charge on any atom is -0.504 e. The molecule has 1 aliphatic rings. The second-order valence-electron chi connectivity index (χ2n) is 6.17. The number of rotatable bonds is 6. The molecule has 0 aromatic carbocycles. The van der Waals surface area contributed by atoms with Crippen molar-refractivity contribution in [1.82, 2.24) is 4.98 Å². The van der Waals surface area contributed by atoms with Crippen LogP contribution in [0.1, 0.15) is 51.9 Å². The Bertz CT molecular complexity index is 568. The molecule has 1 aromatic heterocycles. The van der Waals surface area contributed by atoms with Crippen molar-refractivity contribution in [2.24, 2.45) is 11.8 Å². The van der Waals surface area contributed by atoms with Crippen LogP contribution in [0.4, 0.5) is 11.5 Å². The minimum absolute atomic E-state index is 0.0197. The lowest BCUT2D eigenvalue weighted by Crippen LogP contribution is -2.27. The van der Waals surface area contributed by atoms with Gasteiger partial charge in [-0.25, -0.2) is 4.98 Å². The van der Waals surface area contributed by atoms with Crippen LogP contribution in [0.15, 0.2) is 12.3 Å². The normalized spacial score (nSPS) is 20.9. The van der Waals surface area contributed by atoms with Gasteiger partial charge < -0.3 is 10.4 Å². The molecule has 1 aliphatic carbocycles. The minimum atomic E-state index is -0.643. The summed E-state index contributed by atoms with van der Waals surface area (Å²) >= 11 is 0. The van der Waals surface area contributed by atoms with Gasteiger partial charge in [0.1, 0.15) is 6.20 Å². The smallest absolute Gasteiger partial charge is 0.291 e. The molecule has 7 heteroatoms. The number of carbonyl (C=O) groups is 1. The van der Waals surface area contributed by atoms with Crippen LogP contribution in [0.3, 0.4) is 0 Å². The van der Waals surface area contributed by atoms with Crippen LogP contribution in [-0.2, 0) is 4.79 Å². The number of anilines is 1. The number of nitro groups is 1. The number of nitrogens with one attached hydrogen (secondary N) is 1. The summed E-state index contributed by atoms with van der Waals surface area (Å²) in [6.45, 7) is 2.18. The van der Waals surface area contributed by atoms with E-state index in [1.54, 1.807) is 0 Å². The molecule has 126 valence electrons. The van der Waals surface area contributed by atoms with E-state index in [4.69, 9.17) is 0 Å². The fourth-order valence-corrected chi connectivity index (χ4v) is 3.06. The molecule has 1 aromatic rings. The molecule has 1 heterocycles. The molecule has 0 bridgehead atoms. The fraction of sp³-hybridized carbons (Fsp3) is 0.625. The molecule has 1 saturated carbocycles. The summed E-state index contributed by atoms with van der Waals surface area (Å²) in [6, 6.07) is 0.990. The Morgan fingerprint density at radius 1 is 1.43 bits per heavy atom. The number of aromatic hydroxyl groups is 1. The first-order chi connectivity index (χ1) is 11.0. The molecule has 0 unspecified atom stereocenters. The molecule has 0 saturated heterocycles. The summed E-state index contributed by atoms with van der Waals surface area (Å²) in [5.74, 6) is 0.0580. The maximum Gasteiger partial charge on any atom is 0.291 e. The van der Waals surface area contributed by atoms with Gasteiger partial charge in [-0.3, -0.25) is 14.9 Å². The quantitative estimate of drug-likeness (QED) is 0.615. The van der Waals surface area contributed by atoms with Gasteiger partial charge >= 0.3 is 0 Å². The molecule has 7 nitrogen and oxygen atoms in total. The summed E-state index contributed by atoms with van der Waals surface area (Å²) in [5, 5.41) is 22.9. The number of nitrogens with zero attached hydrogens (tertiary/aromatic N) is 2. The van der Waals surface area contributed by atoms with Crippen molar-refractivity contribution in [1.29, 1.82) is 0 Å². The van der Waals surface area contributed by atoms with E-state index in [0.717, 1.165) is 37.9 Å². The topological polar surface area (TPSA) is 105 Å². The number of carbonyl (C=O) groups excluding carboxylic acids is 1.